The van der Waals surface area contributed by atoms with E-state index >= 15 is 0 Å². The van der Waals surface area contributed by atoms with Crippen molar-refractivity contribution in [2.24, 2.45) is 17.6 Å². The van der Waals surface area contributed by atoms with E-state index in [4.69, 9.17) is 5.73 Å². The molecular weight excluding hydrogens is 225 g/mol. The molecule has 0 bridgehead atoms. The van der Waals surface area contributed by atoms with Gasteiger partial charge in [0.2, 0.25) is 0 Å². The predicted molar refractivity (Wildman–Crippen MR) is 73.7 cm³/mol. The van der Waals surface area contributed by atoms with Crippen LogP contribution >= 0.6 is 0 Å². The van der Waals surface area contributed by atoms with Crippen LogP contribution in [-0.2, 0) is 5.54 Å². The van der Waals surface area contributed by atoms with Crippen molar-refractivity contribution < 1.29 is 4.39 Å². The lowest BCUT2D eigenvalue weighted by molar-refractivity contribution is 0.135. The van der Waals surface area contributed by atoms with Gasteiger partial charge in [-0.25, -0.2) is 4.39 Å². The van der Waals surface area contributed by atoms with Gasteiger partial charge in [0.15, 0.2) is 0 Å². The lowest BCUT2D eigenvalue weighted by Gasteiger charge is -2.42. The van der Waals surface area contributed by atoms with E-state index in [1.807, 2.05) is 19.1 Å². The molecule has 2 rings (SSSR count). The lowest BCUT2D eigenvalue weighted by atomic mass is 9.66. The van der Waals surface area contributed by atoms with Crippen LogP contribution in [0.2, 0.25) is 0 Å². The number of hydrogen-bond donors (Lipinski definition) is 1. The van der Waals surface area contributed by atoms with Gasteiger partial charge in [-0.3, -0.25) is 0 Å². The summed E-state index contributed by atoms with van der Waals surface area (Å²) in [7, 11) is 0. The topological polar surface area (TPSA) is 26.0 Å². The monoisotopic (exact) mass is 249 g/mol. The molecule has 0 spiro atoms. The van der Waals surface area contributed by atoms with Crippen LogP contribution < -0.4 is 5.73 Å². The molecule has 3 unspecified atom stereocenters. The van der Waals surface area contributed by atoms with Gasteiger partial charge >= 0.3 is 0 Å². The summed E-state index contributed by atoms with van der Waals surface area (Å²) in [4.78, 5) is 0. The zero-order chi connectivity index (χ0) is 13.2. The first-order chi connectivity index (χ1) is 8.57. The number of rotatable bonds is 3. The SMILES string of the molecule is CCC1CCCCC1C(C)(N)c1ccccc1F. The minimum Gasteiger partial charge on any atom is -0.321 e. The van der Waals surface area contributed by atoms with Gasteiger partial charge in [0.1, 0.15) is 5.82 Å². The molecule has 0 saturated heterocycles. The zero-order valence-electron chi connectivity index (χ0n) is 11.5. The third kappa shape index (κ3) is 2.44. The second kappa shape index (κ2) is 5.40. The summed E-state index contributed by atoms with van der Waals surface area (Å²) in [6, 6.07) is 6.97. The third-order valence-electron chi connectivity index (χ3n) is 4.66. The third-order valence-corrected chi connectivity index (χ3v) is 4.66. The van der Waals surface area contributed by atoms with Crippen LogP contribution in [0.4, 0.5) is 4.39 Å². The molecule has 2 N–H and O–H groups in total. The second-order valence-corrected chi connectivity index (χ2v) is 5.82. The summed E-state index contributed by atoms with van der Waals surface area (Å²) < 4.78 is 14.0. The first kappa shape index (κ1) is 13.5. The minimum absolute atomic E-state index is 0.164. The first-order valence-corrected chi connectivity index (χ1v) is 7.11. The Kier molecular flexibility index (Phi) is 4.06. The molecule has 0 amide bonds. The summed E-state index contributed by atoms with van der Waals surface area (Å²) in [5.74, 6) is 0.865. The van der Waals surface area contributed by atoms with Crippen LogP contribution in [0.1, 0.15) is 51.5 Å². The lowest BCUT2D eigenvalue weighted by Crippen LogP contribution is -2.46. The molecule has 0 radical (unpaired) electrons. The molecule has 1 aliphatic carbocycles. The molecule has 3 atom stereocenters. The summed E-state index contributed by atoms with van der Waals surface area (Å²) in [5, 5.41) is 0. The van der Waals surface area contributed by atoms with Crippen molar-refractivity contribution in [3.05, 3.63) is 35.6 Å². The van der Waals surface area contributed by atoms with Gasteiger partial charge in [0.05, 0.1) is 0 Å². The molecule has 0 aromatic heterocycles. The summed E-state index contributed by atoms with van der Waals surface area (Å²) in [5.41, 5.74) is 6.67. The van der Waals surface area contributed by atoms with E-state index in [0.717, 1.165) is 12.8 Å². The van der Waals surface area contributed by atoms with Gasteiger partial charge in [-0.2, -0.15) is 0 Å². The maximum Gasteiger partial charge on any atom is 0.128 e. The van der Waals surface area contributed by atoms with Gasteiger partial charge in [-0.1, -0.05) is 50.8 Å². The molecule has 1 fully saturated rings. The highest BCUT2D eigenvalue weighted by Crippen LogP contribution is 2.42. The van der Waals surface area contributed by atoms with Gasteiger partial charge < -0.3 is 5.73 Å². The van der Waals surface area contributed by atoms with Gasteiger partial charge in [0, 0.05) is 11.1 Å². The molecule has 1 nitrogen and oxygen atoms in total. The van der Waals surface area contributed by atoms with Crippen molar-refractivity contribution >= 4 is 0 Å². The first-order valence-electron chi connectivity index (χ1n) is 7.11. The van der Waals surface area contributed by atoms with Crippen molar-refractivity contribution in [1.82, 2.24) is 0 Å². The Bertz CT molecular complexity index is 400. The number of benzene rings is 1. The fourth-order valence-corrected chi connectivity index (χ4v) is 3.58. The Labute approximate surface area is 110 Å². The highest BCUT2D eigenvalue weighted by Gasteiger charge is 2.39. The molecule has 1 aromatic carbocycles. The summed E-state index contributed by atoms with van der Waals surface area (Å²) in [6.07, 6.45) is 6.03. The zero-order valence-corrected chi connectivity index (χ0v) is 11.5. The van der Waals surface area contributed by atoms with Crippen LogP contribution in [0.5, 0.6) is 0 Å². The number of nitrogens with two attached hydrogens (primary N) is 1. The van der Waals surface area contributed by atoms with Crippen molar-refractivity contribution in [1.29, 1.82) is 0 Å². The second-order valence-electron chi connectivity index (χ2n) is 5.82. The van der Waals surface area contributed by atoms with Crippen LogP contribution in [0.15, 0.2) is 24.3 Å². The van der Waals surface area contributed by atoms with E-state index in [1.54, 1.807) is 6.07 Å². The molecular formula is C16H24FN. The molecule has 1 saturated carbocycles. The van der Waals surface area contributed by atoms with Crippen molar-refractivity contribution in [2.75, 3.05) is 0 Å². The van der Waals surface area contributed by atoms with Crippen LogP contribution in [0.25, 0.3) is 0 Å². The van der Waals surface area contributed by atoms with E-state index in [0.29, 0.717) is 17.4 Å². The van der Waals surface area contributed by atoms with E-state index in [1.165, 1.54) is 25.3 Å². The van der Waals surface area contributed by atoms with Crippen LogP contribution in [0.3, 0.4) is 0 Å². The van der Waals surface area contributed by atoms with E-state index < -0.39 is 5.54 Å². The summed E-state index contributed by atoms with van der Waals surface area (Å²) in [6.45, 7) is 4.23. The fraction of sp³-hybridized carbons (Fsp3) is 0.625. The normalized spacial score (nSPS) is 27.8. The van der Waals surface area contributed by atoms with E-state index in [-0.39, 0.29) is 5.82 Å². The molecule has 18 heavy (non-hydrogen) atoms. The van der Waals surface area contributed by atoms with Crippen LogP contribution in [-0.4, -0.2) is 0 Å². The Morgan fingerprint density at radius 2 is 1.94 bits per heavy atom. The molecule has 0 heterocycles. The van der Waals surface area contributed by atoms with Crippen molar-refractivity contribution in [3.8, 4) is 0 Å². The van der Waals surface area contributed by atoms with E-state index in [9.17, 15) is 4.39 Å². The van der Waals surface area contributed by atoms with Gasteiger partial charge in [0.25, 0.3) is 0 Å². The average molecular weight is 249 g/mol. The van der Waals surface area contributed by atoms with Gasteiger partial charge in [-0.05, 0) is 31.2 Å². The Hall–Kier alpha value is -0.890. The van der Waals surface area contributed by atoms with E-state index in [2.05, 4.69) is 6.92 Å². The predicted octanol–water partition coefficient (Wildman–Crippen LogP) is 4.22. The highest BCUT2D eigenvalue weighted by molar-refractivity contribution is 5.26. The fourth-order valence-electron chi connectivity index (χ4n) is 3.58. The summed E-state index contributed by atoms with van der Waals surface area (Å²) >= 11 is 0. The maximum absolute atomic E-state index is 14.0. The Morgan fingerprint density at radius 3 is 2.61 bits per heavy atom. The number of halogens is 1. The van der Waals surface area contributed by atoms with Crippen molar-refractivity contribution in [3.63, 3.8) is 0 Å². The Balaban J connectivity index is 2.31. The quantitative estimate of drug-likeness (QED) is 0.853. The smallest absolute Gasteiger partial charge is 0.128 e. The molecule has 1 aliphatic rings. The van der Waals surface area contributed by atoms with Crippen molar-refractivity contribution in [2.45, 2.75) is 51.5 Å². The highest BCUT2D eigenvalue weighted by atomic mass is 19.1. The minimum atomic E-state index is -0.549. The maximum atomic E-state index is 14.0. The Morgan fingerprint density at radius 1 is 1.28 bits per heavy atom. The number of hydrogen-bond acceptors (Lipinski definition) is 1. The van der Waals surface area contributed by atoms with Gasteiger partial charge in [-0.15, -0.1) is 0 Å². The molecule has 100 valence electrons. The molecule has 1 aromatic rings. The average Bonchev–Trinajstić information content (AvgIpc) is 2.39. The molecule has 0 aliphatic heterocycles. The standard InChI is InChI=1S/C16H24FN/c1-3-12-8-4-5-9-13(12)16(2,18)14-10-6-7-11-15(14)17/h6-7,10-13H,3-5,8-9,18H2,1-2H3. The molecule has 2 heteroatoms. The van der Waals surface area contributed by atoms with Crippen LogP contribution in [0, 0.1) is 17.7 Å². The largest absolute Gasteiger partial charge is 0.321 e.